The van der Waals surface area contributed by atoms with Crippen molar-refractivity contribution in [1.29, 1.82) is 0 Å². The molecule has 1 unspecified atom stereocenters. The van der Waals surface area contributed by atoms with Crippen molar-refractivity contribution in [3.8, 4) is 0 Å². The molecule has 3 N–H and O–H groups in total. The smallest absolute Gasteiger partial charge is 0.404 e. The van der Waals surface area contributed by atoms with E-state index in [1.165, 1.54) is 12.1 Å². The van der Waals surface area contributed by atoms with Crippen LogP contribution in [0.5, 0.6) is 0 Å². The van der Waals surface area contributed by atoms with E-state index in [0.29, 0.717) is 6.42 Å². The predicted octanol–water partition coefficient (Wildman–Crippen LogP) is 0.997. The lowest BCUT2D eigenvalue weighted by atomic mass is 10.1. The normalized spacial score (nSPS) is 12.1. The van der Waals surface area contributed by atoms with Crippen LogP contribution in [0.3, 0.4) is 0 Å². The molecule has 0 saturated heterocycles. The van der Waals surface area contributed by atoms with Crippen LogP contribution in [0.2, 0.25) is 0 Å². The lowest BCUT2D eigenvalue weighted by Crippen LogP contribution is -2.38. The zero-order valence-corrected chi connectivity index (χ0v) is 7.98. The molecule has 0 saturated carbocycles. The van der Waals surface area contributed by atoms with Gasteiger partial charge in [0.2, 0.25) is 0 Å². The number of rotatable bonds is 4. The first-order chi connectivity index (χ1) is 7.11. The van der Waals surface area contributed by atoms with Crippen molar-refractivity contribution in [1.82, 2.24) is 5.32 Å². The van der Waals surface area contributed by atoms with Gasteiger partial charge < -0.3 is 15.5 Å². The standard InChI is InChI=1S/C10H12FNO3/c11-8-3-1-7(2-4-8)5-9(6-13)12-10(14)15/h1-4,9,12-13H,5-6H2,(H,14,15). The van der Waals surface area contributed by atoms with Crippen LogP contribution in [-0.2, 0) is 6.42 Å². The molecule has 1 aromatic carbocycles. The Bertz CT molecular complexity index is 326. The molecule has 1 aromatic rings. The van der Waals surface area contributed by atoms with Crippen molar-refractivity contribution in [3.05, 3.63) is 35.6 Å². The number of halogens is 1. The first kappa shape index (κ1) is 11.5. The van der Waals surface area contributed by atoms with Gasteiger partial charge in [-0.25, -0.2) is 9.18 Å². The van der Waals surface area contributed by atoms with Gasteiger partial charge in [-0.3, -0.25) is 0 Å². The Balaban J connectivity index is 2.58. The average Bonchev–Trinajstić information content (AvgIpc) is 2.19. The fourth-order valence-corrected chi connectivity index (χ4v) is 1.24. The van der Waals surface area contributed by atoms with Gasteiger partial charge in [-0.15, -0.1) is 0 Å². The molecule has 0 aromatic heterocycles. The van der Waals surface area contributed by atoms with Crippen molar-refractivity contribution >= 4 is 6.09 Å². The highest BCUT2D eigenvalue weighted by Gasteiger charge is 2.10. The van der Waals surface area contributed by atoms with Crippen molar-refractivity contribution < 1.29 is 19.4 Å². The molecule has 1 rings (SSSR count). The Morgan fingerprint density at radius 1 is 1.40 bits per heavy atom. The maximum Gasteiger partial charge on any atom is 0.404 e. The zero-order chi connectivity index (χ0) is 11.3. The van der Waals surface area contributed by atoms with E-state index in [2.05, 4.69) is 5.32 Å². The zero-order valence-electron chi connectivity index (χ0n) is 7.98. The van der Waals surface area contributed by atoms with Gasteiger partial charge in [0.25, 0.3) is 0 Å². The van der Waals surface area contributed by atoms with Gasteiger partial charge in [0, 0.05) is 0 Å². The highest BCUT2D eigenvalue weighted by molar-refractivity contribution is 5.64. The summed E-state index contributed by atoms with van der Waals surface area (Å²) in [5.74, 6) is -0.342. The second-order valence-corrected chi connectivity index (χ2v) is 3.16. The minimum absolute atomic E-state index is 0.288. The molecule has 0 aliphatic rings. The maximum absolute atomic E-state index is 12.6. The minimum atomic E-state index is -1.18. The van der Waals surface area contributed by atoms with Gasteiger partial charge in [-0.1, -0.05) is 12.1 Å². The molecule has 5 heteroatoms. The molecule has 0 bridgehead atoms. The molecular weight excluding hydrogens is 201 g/mol. The Hall–Kier alpha value is -1.62. The van der Waals surface area contributed by atoms with E-state index in [4.69, 9.17) is 10.2 Å². The van der Waals surface area contributed by atoms with E-state index < -0.39 is 12.1 Å². The summed E-state index contributed by atoms with van der Waals surface area (Å²) in [7, 11) is 0. The highest BCUT2D eigenvalue weighted by atomic mass is 19.1. The molecule has 0 spiro atoms. The predicted molar refractivity (Wildman–Crippen MR) is 52.1 cm³/mol. The number of aliphatic hydroxyl groups excluding tert-OH is 1. The van der Waals surface area contributed by atoms with Crippen molar-refractivity contribution in [3.63, 3.8) is 0 Å². The summed E-state index contributed by atoms with van der Waals surface area (Å²) >= 11 is 0. The van der Waals surface area contributed by atoms with Crippen LogP contribution >= 0.6 is 0 Å². The third-order valence-corrected chi connectivity index (χ3v) is 1.94. The average molecular weight is 213 g/mol. The summed E-state index contributed by atoms with van der Waals surface area (Å²) < 4.78 is 12.6. The molecule has 4 nitrogen and oxygen atoms in total. The molecule has 1 atom stereocenters. The highest BCUT2D eigenvalue weighted by Crippen LogP contribution is 2.05. The van der Waals surface area contributed by atoms with Crippen LogP contribution in [0.4, 0.5) is 9.18 Å². The van der Waals surface area contributed by atoms with Gasteiger partial charge in [-0.2, -0.15) is 0 Å². The van der Waals surface area contributed by atoms with E-state index in [1.807, 2.05) is 0 Å². The fraction of sp³-hybridized carbons (Fsp3) is 0.300. The molecule has 82 valence electrons. The Kier molecular flexibility index (Phi) is 4.05. The van der Waals surface area contributed by atoms with E-state index in [1.54, 1.807) is 12.1 Å². The van der Waals surface area contributed by atoms with Crippen LogP contribution < -0.4 is 5.32 Å². The summed E-state index contributed by atoms with van der Waals surface area (Å²) in [6, 6.07) is 5.14. The molecule has 1 amide bonds. The maximum atomic E-state index is 12.6. The van der Waals surface area contributed by atoms with E-state index in [0.717, 1.165) is 5.56 Å². The molecular formula is C10H12FNO3. The fourth-order valence-electron chi connectivity index (χ4n) is 1.24. The molecule has 0 heterocycles. The number of carboxylic acid groups (broad SMARTS) is 1. The van der Waals surface area contributed by atoms with Crippen LogP contribution in [-0.4, -0.2) is 29.0 Å². The van der Waals surface area contributed by atoms with Gasteiger partial charge in [0.15, 0.2) is 0 Å². The third-order valence-electron chi connectivity index (χ3n) is 1.94. The molecule has 0 aliphatic heterocycles. The number of carbonyl (C=O) groups is 1. The number of nitrogens with one attached hydrogen (secondary N) is 1. The second kappa shape index (κ2) is 5.31. The summed E-state index contributed by atoms with van der Waals surface area (Å²) in [4.78, 5) is 10.3. The first-order valence-electron chi connectivity index (χ1n) is 4.46. The van der Waals surface area contributed by atoms with E-state index in [9.17, 15) is 9.18 Å². The third kappa shape index (κ3) is 3.95. The van der Waals surface area contributed by atoms with Crippen molar-refractivity contribution in [2.75, 3.05) is 6.61 Å². The summed E-state index contributed by atoms with van der Waals surface area (Å²) in [5, 5.41) is 19.5. The Morgan fingerprint density at radius 3 is 2.47 bits per heavy atom. The molecule has 0 aliphatic carbocycles. The largest absolute Gasteiger partial charge is 0.465 e. The molecule has 0 fully saturated rings. The molecule has 15 heavy (non-hydrogen) atoms. The summed E-state index contributed by atoms with van der Waals surface area (Å²) in [5.41, 5.74) is 0.768. The van der Waals surface area contributed by atoms with E-state index >= 15 is 0 Å². The second-order valence-electron chi connectivity index (χ2n) is 3.16. The minimum Gasteiger partial charge on any atom is -0.465 e. The lowest BCUT2D eigenvalue weighted by molar-refractivity contribution is 0.177. The molecule has 0 radical (unpaired) electrons. The van der Waals surface area contributed by atoms with E-state index in [-0.39, 0.29) is 12.4 Å². The summed E-state index contributed by atoms with van der Waals surface area (Å²) in [6.45, 7) is -0.288. The van der Waals surface area contributed by atoms with Crippen LogP contribution in [0.1, 0.15) is 5.56 Å². The number of amides is 1. The van der Waals surface area contributed by atoms with Crippen molar-refractivity contribution in [2.24, 2.45) is 0 Å². The van der Waals surface area contributed by atoms with Gasteiger partial charge in [0.05, 0.1) is 12.6 Å². The van der Waals surface area contributed by atoms with Crippen LogP contribution in [0.25, 0.3) is 0 Å². The summed E-state index contributed by atoms with van der Waals surface area (Å²) in [6.07, 6.45) is -0.848. The monoisotopic (exact) mass is 213 g/mol. The van der Waals surface area contributed by atoms with Crippen LogP contribution in [0, 0.1) is 5.82 Å². The number of benzene rings is 1. The van der Waals surface area contributed by atoms with Gasteiger partial charge in [0.1, 0.15) is 5.82 Å². The SMILES string of the molecule is O=C(O)NC(CO)Cc1ccc(F)cc1. The van der Waals surface area contributed by atoms with Crippen molar-refractivity contribution in [2.45, 2.75) is 12.5 Å². The van der Waals surface area contributed by atoms with Gasteiger partial charge >= 0.3 is 6.09 Å². The Labute approximate surface area is 86.4 Å². The number of aliphatic hydroxyl groups is 1. The first-order valence-corrected chi connectivity index (χ1v) is 4.46. The van der Waals surface area contributed by atoms with Crippen LogP contribution in [0.15, 0.2) is 24.3 Å². The lowest BCUT2D eigenvalue weighted by Gasteiger charge is -2.13. The van der Waals surface area contributed by atoms with Gasteiger partial charge in [-0.05, 0) is 24.1 Å². The quantitative estimate of drug-likeness (QED) is 0.698. The number of hydrogen-bond donors (Lipinski definition) is 3. The Morgan fingerprint density at radius 2 is 2.00 bits per heavy atom. The number of hydrogen-bond acceptors (Lipinski definition) is 2. The topological polar surface area (TPSA) is 69.6 Å².